The normalized spacial score (nSPS) is 13.4. The van der Waals surface area contributed by atoms with Gasteiger partial charge in [0, 0.05) is 65.1 Å². The van der Waals surface area contributed by atoms with Crippen LogP contribution in [-0.4, -0.2) is 18.4 Å². The van der Waals surface area contributed by atoms with E-state index in [0.717, 1.165) is 11.2 Å². The van der Waals surface area contributed by atoms with Gasteiger partial charge in [0.1, 0.15) is 5.65 Å². The van der Waals surface area contributed by atoms with E-state index in [1.165, 1.54) is 131 Å². The molecule has 0 spiro atoms. The van der Waals surface area contributed by atoms with Crippen molar-refractivity contribution in [2.45, 2.75) is 78.6 Å². The number of para-hydroxylation sites is 2. The summed E-state index contributed by atoms with van der Waals surface area (Å²) in [6.45, 7) is 21.0. The lowest BCUT2D eigenvalue weighted by Crippen LogP contribution is -2.11. The third-order valence-corrected chi connectivity index (χ3v) is 15.3. The number of aromatic nitrogens is 4. The fraction of sp³-hybridized carbons (Fsp3) is 0.190. The fourth-order valence-electron chi connectivity index (χ4n) is 11.9. The molecular weight excluding hydrogens is 813 g/mol. The highest BCUT2D eigenvalue weighted by molar-refractivity contribution is 6.39. The molecule has 4 heteroatoms. The molecule has 0 unspecified atom stereocenters. The van der Waals surface area contributed by atoms with Crippen molar-refractivity contribution in [3.05, 3.63) is 168 Å². The second-order valence-corrected chi connectivity index (χ2v) is 22.5. The molecule has 0 bridgehead atoms. The van der Waals surface area contributed by atoms with Gasteiger partial charge < -0.3 is 8.97 Å². The summed E-state index contributed by atoms with van der Waals surface area (Å²) in [4.78, 5) is 5.66. The largest absolute Gasteiger partial charge is 0.309 e. The van der Waals surface area contributed by atoms with Gasteiger partial charge in [-0.25, -0.2) is 4.98 Å². The number of pyridine rings is 1. The van der Waals surface area contributed by atoms with E-state index in [2.05, 4.69) is 227 Å². The summed E-state index contributed by atoms with van der Waals surface area (Å²) in [5.74, 6) is 0. The van der Waals surface area contributed by atoms with Crippen molar-refractivity contribution in [3.63, 3.8) is 0 Å². The Bertz CT molecular complexity index is 4420. The summed E-state index contributed by atoms with van der Waals surface area (Å²) in [5, 5.41) is 15.3. The molecule has 0 saturated heterocycles. The predicted octanol–water partition coefficient (Wildman–Crippen LogP) is 17.2. The van der Waals surface area contributed by atoms with Crippen molar-refractivity contribution in [3.8, 4) is 16.8 Å². The molecule has 0 aliphatic carbocycles. The molecule has 0 saturated carbocycles. The zero-order valence-corrected chi connectivity index (χ0v) is 39.7. The molecule has 0 N–H and O–H groups in total. The van der Waals surface area contributed by atoms with Crippen LogP contribution in [0.25, 0.3) is 126 Å². The SMILES string of the molecule is CC(C)(C)c1ccc2c(c1)c1cc(C(C)(C)C)cc3c4c5c6c7ccccc7cc7c8cc(C(C)(C)C)cc(-c9ccc%10c(c9)c9ccccc9n%10-c9ccccc9)c8n(c5ncc4n2c13)c76. The molecule has 0 aliphatic rings. The molecule has 6 aromatic heterocycles. The Kier molecular flexibility index (Phi) is 7.36. The molecule has 4 nitrogen and oxygen atoms in total. The second-order valence-electron chi connectivity index (χ2n) is 22.5. The Labute approximate surface area is 389 Å². The van der Waals surface area contributed by atoms with Crippen molar-refractivity contribution in [2.75, 3.05) is 0 Å². The number of fused-ring (bicyclic) bond motifs is 18. The summed E-state index contributed by atoms with van der Waals surface area (Å²) in [7, 11) is 0. The minimum atomic E-state index is -0.0844. The van der Waals surface area contributed by atoms with Crippen molar-refractivity contribution < 1.29 is 0 Å². The highest BCUT2D eigenvalue weighted by Gasteiger charge is 2.30. The Morgan fingerprint density at radius 1 is 0.373 bits per heavy atom. The van der Waals surface area contributed by atoms with Gasteiger partial charge in [-0.2, -0.15) is 0 Å². The fourth-order valence-corrected chi connectivity index (χ4v) is 11.9. The summed E-state index contributed by atoms with van der Waals surface area (Å²) in [6.07, 6.45) is 2.18. The lowest BCUT2D eigenvalue weighted by Gasteiger charge is -2.21. The monoisotopic (exact) mass is 864 g/mol. The number of benzene rings is 8. The van der Waals surface area contributed by atoms with Crippen molar-refractivity contribution >= 4 is 109 Å². The first-order valence-corrected chi connectivity index (χ1v) is 24.0. The van der Waals surface area contributed by atoms with Gasteiger partial charge in [-0.1, -0.05) is 135 Å². The molecule has 6 heterocycles. The van der Waals surface area contributed by atoms with Crippen LogP contribution >= 0.6 is 0 Å². The third-order valence-electron chi connectivity index (χ3n) is 15.3. The lowest BCUT2D eigenvalue weighted by molar-refractivity contribution is 0.590. The Balaban J connectivity index is 1.18. The number of hydrogen-bond acceptors (Lipinski definition) is 1. The van der Waals surface area contributed by atoms with Gasteiger partial charge in [0.25, 0.3) is 0 Å². The van der Waals surface area contributed by atoms with Crippen molar-refractivity contribution in [2.24, 2.45) is 0 Å². The van der Waals surface area contributed by atoms with E-state index < -0.39 is 0 Å². The smallest absolute Gasteiger partial charge is 0.146 e. The average Bonchev–Trinajstić information content (AvgIpc) is 4.10. The Morgan fingerprint density at radius 2 is 0.970 bits per heavy atom. The highest BCUT2D eigenvalue weighted by Crippen LogP contribution is 2.51. The van der Waals surface area contributed by atoms with Crippen LogP contribution in [0.15, 0.2) is 152 Å². The van der Waals surface area contributed by atoms with Crippen LogP contribution in [0.2, 0.25) is 0 Å². The molecule has 0 atom stereocenters. The van der Waals surface area contributed by atoms with Gasteiger partial charge in [-0.05, 0) is 122 Å². The lowest BCUT2D eigenvalue weighted by atomic mass is 9.83. The zero-order valence-electron chi connectivity index (χ0n) is 39.7. The van der Waals surface area contributed by atoms with Gasteiger partial charge in [0.05, 0.1) is 44.8 Å². The molecule has 8 aromatic carbocycles. The first-order valence-electron chi connectivity index (χ1n) is 24.0. The standard InChI is InChI=1S/C63H52N4/c1-61(2,3)37-24-26-52-45(29-37)47-31-39(63(7,8)9)33-49-54-53(66(52)58(47)49)34-64-60-56(54)55-41-20-14-13-17-35(41)28-46-48-32-38(62(4,5)6)30-43(57(48)67(60)59(46)55)36-23-25-51-44(27-36)42-21-15-16-22-50(42)65(51)40-18-11-10-12-19-40/h10-34H,1-9H3. The first kappa shape index (κ1) is 38.8. The Morgan fingerprint density at radius 3 is 1.73 bits per heavy atom. The van der Waals surface area contributed by atoms with E-state index in [1.807, 2.05) is 0 Å². The van der Waals surface area contributed by atoms with E-state index in [0.29, 0.717) is 0 Å². The topological polar surface area (TPSA) is 26.6 Å². The highest BCUT2D eigenvalue weighted by atomic mass is 15.0. The van der Waals surface area contributed by atoms with E-state index in [1.54, 1.807) is 0 Å². The summed E-state index contributed by atoms with van der Waals surface area (Å²) in [6, 6.07) is 55.3. The van der Waals surface area contributed by atoms with Crippen LogP contribution in [0, 0.1) is 0 Å². The second kappa shape index (κ2) is 12.7. The molecule has 14 aromatic rings. The molecule has 324 valence electrons. The van der Waals surface area contributed by atoms with Gasteiger partial charge >= 0.3 is 0 Å². The molecule has 0 radical (unpaired) electrons. The quantitative estimate of drug-likeness (QED) is 0.170. The number of nitrogens with zero attached hydrogens (tertiary/aromatic N) is 4. The van der Waals surface area contributed by atoms with E-state index in [-0.39, 0.29) is 16.2 Å². The van der Waals surface area contributed by atoms with E-state index in [9.17, 15) is 0 Å². The third kappa shape index (κ3) is 5.11. The maximum absolute atomic E-state index is 5.66. The molecule has 14 rings (SSSR count). The first-order chi connectivity index (χ1) is 32.1. The molecule has 67 heavy (non-hydrogen) atoms. The molecular formula is C63H52N4. The van der Waals surface area contributed by atoms with E-state index >= 15 is 0 Å². The van der Waals surface area contributed by atoms with Crippen molar-refractivity contribution in [1.82, 2.24) is 18.4 Å². The predicted molar refractivity (Wildman–Crippen MR) is 287 cm³/mol. The Hall–Kier alpha value is -7.43. The van der Waals surface area contributed by atoms with Crippen LogP contribution in [0.3, 0.4) is 0 Å². The maximum Gasteiger partial charge on any atom is 0.146 e. The maximum atomic E-state index is 5.66. The van der Waals surface area contributed by atoms with Crippen LogP contribution in [0.4, 0.5) is 0 Å². The summed E-state index contributed by atoms with van der Waals surface area (Å²) >= 11 is 0. The van der Waals surface area contributed by atoms with Crippen LogP contribution < -0.4 is 0 Å². The van der Waals surface area contributed by atoms with Crippen molar-refractivity contribution in [1.29, 1.82) is 0 Å². The van der Waals surface area contributed by atoms with Gasteiger partial charge in [-0.3, -0.25) is 4.40 Å². The van der Waals surface area contributed by atoms with Crippen LogP contribution in [0.5, 0.6) is 0 Å². The minimum Gasteiger partial charge on any atom is -0.309 e. The van der Waals surface area contributed by atoms with Gasteiger partial charge in [0.2, 0.25) is 0 Å². The zero-order chi connectivity index (χ0) is 45.6. The summed E-state index contributed by atoms with van der Waals surface area (Å²) in [5.41, 5.74) is 17.1. The van der Waals surface area contributed by atoms with Crippen LogP contribution in [-0.2, 0) is 16.2 Å². The van der Waals surface area contributed by atoms with Crippen LogP contribution in [0.1, 0.15) is 79.0 Å². The van der Waals surface area contributed by atoms with Gasteiger partial charge in [0.15, 0.2) is 0 Å². The molecule has 0 aliphatic heterocycles. The molecule has 0 amide bonds. The van der Waals surface area contributed by atoms with E-state index in [4.69, 9.17) is 4.98 Å². The van der Waals surface area contributed by atoms with Gasteiger partial charge in [-0.15, -0.1) is 0 Å². The molecule has 0 fully saturated rings. The number of hydrogen-bond donors (Lipinski definition) is 0. The number of rotatable bonds is 2. The summed E-state index contributed by atoms with van der Waals surface area (Å²) < 4.78 is 7.48. The minimum absolute atomic E-state index is 0.0345. The average molecular weight is 865 g/mol.